The molecular formula is C15H15N3OS. The van der Waals surface area contributed by atoms with Gasteiger partial charge in [0.05, 0.1) is 11.3 Å². The Morgan fingerprint density at radius 3 is 2.85 bits per heavy atom. The third-order valence-corrected chi connectivity index (χ3v) is 3.71. The molecule has 0 spiro atoms. The fourth-order valence-corrected chi connectivity index (χ4v) is 2.48. The van der Waals surface area contributed by atoms with E-state index in [9.17, 15) is 10.4 Å². The lowest BCUT2D eigenvalue weighted by atomic mass is 10.1. The summed E-state index contributed by atoms with van der Waals surface area (Å²) >= 11 is 1.53. The molecule has 0 heterocycles. The molecule has 0 fully saturated rings. The predicted octanol–water partition coefficient (Wildman–Crippen LogP) is 3.18. The van der Waals surface area contributed by atoms with Gasteiger partial charge in [0.25, 0.3) is 0 Å². The smallest absolute Gasteiger partial charge is 0.120 e. The van der Waals surface area contributed by atoms with Gasteiger partial charge < -0.3 is 16.2 Å². The van der Waals surface area contributed by atoms with E-state index in [1.165, 1.54) is 11.8 Å². The van der Waals surface area contributed by atoms with Gasteiger partial charge in [-0.3, -0.25) is 0 Å². The summed E-state index contributed by atoms with van der Waals surface area (Å²) in [4.78, 5) is 0.925. The molecule has 4 N–H and O–H groups in total. The van der Waals surface area contributed by atoms with Crippen molar-refractivity contribution in [2.45, 2.75) is 11.4 Å². The molecule has 0 saturated heterocycles. The summed E-state index contributed by atoms with van der Waals surface area (Å²) in [7, 11) is 0. The largest absolute Gasteiger partial charge is 0.508 e. The van der Waals surface area contributed by atoms with Crippen molar-refractivity contribution in [3.63, 3.8) is 0 Å². The number of nitrogens with two attached hydrogens (primary N) is 1. The van der Waals surface area contributed by atoms with E-state index in [0.29, 0.717) is 23.4 Å². The second-order valence-corrected chi connectivity index (χ2v) is 5.08. The van der Waals surface area contributed by atoms with Gasteiger partial charge in [0.2, 0.25) is 0 Å². The van der Waals surface area contributed by atoms with Gasteiger partial charge >= 0.3 is 0 Å². The van der Waals surface area contributed by atoms with Crippen LogP contribution in [0.4, 0.5) is 11.4 Å². The number of phenols is 1. The minimum absolute atomic E-state index is 0.186. The van der Waals surface area contributed by atoms with Gasteiger partial charge in [0, 0.05) is 22.7 Å². The lowest BCUT2D eigenvalue weighted by Crippen LogP contribution is -2.03. The van der Waals surface area contributed by atoms with Crippen molar-refractivity contribution in [2.24, 2.45) is 0 Å². The summed E-state index contributed by atoms with van der Waals surface area (Å²) in [5.41, 5.74) is 8.36. The third-order valence-electron chi connectivity index (χ3n) is 2.93. The van der Waals surface area contributed by atoms with Crippen LogP contribution in [0.15, 0.2) is 41.3 Å². The Bertz CT molecular complexity index is 665. The van der Waals surface area contributed by atoms with Crippen LogP contribution in [0, 0.1) is 11.3 Å². The van der Waals surface area contributed by atoms with Crippen molar-refractivity contribution in [3.05, 3.63) is 47.5 Å². The number of nitrogens with zero attached hydrogens (tertiary/aromatic N) is 1. The Labute approximate surface area is 122 Å². The zero-order valence-electron chi connectivity index (χ0n) is 11.1. The highest BCUT2D eigenvalue weighted by Gasteiger charge is 2.08. The highest BCUT2D eigenvalue weighted by atomic mass is 32.2. The fourth-order valence-electron chi connectivity index (χ4n) is 1.90. The highest BCUT2D eigenvalue weighted by Crippen LogP contribution is 2.27. The van der Waals surface area contributed by atoms with Gasteiger partial charge in [-0.2, -0.15) is 5.26 Å². The number of aromatic hydroxyl groups is 1. The summed E-state index contributed by atoms with van der Waals surface area (Å²) in [5.74, 6) is 0.186. The lowest BCUT2D eigenvalue weighted by Gasteiger charge is -2.12. The van der Waals surface area contributed by atoms with Gasteiger partial charge in [0.15, 0.2) is 0 Å². The van der Waals surface area contributed by atoms with Crippen LogP contribution in [0.3, 0.4) is 0 Å². The summed E-state index contributed by atoms with van der Waals surface area (Å²) in [6, 6.07) is 12.8. The summed E-state index contributed by atoms with van der Waals surface area (Å²) < 4.78 is 0. The highest BCUT2D eigenvalue weighted by molar-refractivity contribution is 7.98. The van der Waals surface area contributed by atoms with Gasteiger partial charge in [-0.25, -0.2) is 0 Å². The van der Waals surface area contributed by atoms with E-state index >= 15 is 0 Å². The van der Waals surface area contributed by atoms with Gasteiger partial charge in [-0.15, -0.1) is 11.8 Å². The molecule has 0 atom stereocenters. The topological polar surface area (TPSA) is 82.1 Å². The van der Waals surface area contributed by atoms with Gasteiger partial charge in [-0.05, 0) is 36.6 Å². The number of thioether (sulfide) groups is 1. The molecule has 0 unspecified atom stereocenters. The van der Waals surface area contributed by atoms with Crippen molar-refractivity contribution in [3.8, 4) is 11.8 Å². The minimum atomic E-state index is 0.186. The number of nitriles is 1. The second kappa shape index (κ2) is 6.22. The number of phenolic OH excluding ortho intramolecular Hbond substituents is 1. The first kappa shape index (κ1) is 14.1. The van der Waals surface area contributed by atoms with Gasteiger partial charge in [0.1, 0.15) is 11.8 Å². The monoisotopic (exact) mass is 285 g/mol. The lowest BCUT2D eigenvalue weighted by molar-refractivity contribution is 0.469. The van der Waals surface area contributed by atoms with E-state index in [-0.39, 0.29) is 5.75 Å². The normalized spacial score (nSPS) is 10.0. The molecule has 0 aromatic heterocycles. The van der Waals surface area contributed by atoms with Crippen LogP contribution in [0.2, 0.25) is 0 Å². The van der Waals surface area contributed by atoms with Gasteiger partial charge in [-0.1, -0.05) is 6.07 Å². The predicted molar refractivity (Wildman–Crippen MR) is 82.8 cm³/mol. The van der Waals surface area contributed by atoms with Crippen molar-refractivity contribution in [2.75, 3.05) is 17.3 Å². The van der Waals surface area contributed by atoms with E-state index in [1.54, 1.807) is 18.2 Å². The summed E-state index contributed by atoms with van der Waals surface area (Å²) in [5, 5.41) is 22.2. The molecule has 0 aliphatic rings. The first-order valence-corrected chi connectivity index (χ1v) is 7.26. The first-order valence-electron chi connectivity index (χ1n) is 6.04. The molecule has 0 saturated carbocycles. The molecule has 20 heavy (non-hydrogen) atoms. The van der Waals surface area contributed by atoms with Crippen molar-refractivity contribution in [1.29, 1.82) is 5.26 Å². The van der Waals surface area contributed by atoms with E-state index in [0.717, 1.165) is 10.6 Å². The molecule has 2 rings (SSSR count). The molecule has 102 valence electrons. The van der Waals surface area contributed by atoms with Crippen molar-refractivity contribution in [1.82, 2.24) is 0 Å². The molecule has 2 aromatic rings. The number of nitrogen functional groups attached to an aromatic ring is 1. The number of benzene rings is 2. The van der Waals surface area contributed by atoms with E-state index in [4.69, 9.17) is 5.73 Å². The van der Waals surface area contributed by atoms with Crippen LogP contribution < -0.4 is 11.1 Å². The standard InChI is InChI=1S/C15H15N3OS/c1-20-15-4-2-3-13(12(15)8-16)18-9-10-7-11(17)5-6-14(10)19/h2-7,18-19H,9,17H2,1H3. The summed E-state index contributed by atoms with van der Waals surface area (Å²) in [6.07, 6.45) is 1.93. The van der Waals surface area contributed by atoms with Crippen LogP contribution in [0.25, 0.3) is 0 Å². The minimum Gasteiger partial charge on any atom is -0.508 e. The van der Waals surface area contributed by atoms with Crippen molar-refractivity contribution < 1.29 is 5.11 Å². The summed E-state index contributed by atoms with van der Waals surface area (Å²) in [6.45, 7) is 0.406. The van der Waals surface area contributed by atoms with Crippen LogP contribution >= 0.6 is 11.8 Å². The number of rotatable bonds is 4. The molecule has 0 aliphatic heterocycles. The molecule has 2 aromatic carbocycles. The molecular weight excluding hydrogens is 270 g/mol. The quantitative estimate of drug-likeness (QED) is 0.456. The Morgan fingerprint density at radius 1 is 1.35 bits per heavy atom. The van der Waals surface area contributed by atoms with Crippen LogP contribution in [0.1, 0.15) is 11.1 Å². The van der Waals surface area contributed by atoms with E-state index in [2.05, 4.69) is 11.4 Å². The van der Waals surface area contributed by atoms with Crippen LogP contribution in [-0.2, 0) is 6.54 Å². The average molecular weight is 285 g/mol. The molecule has 4 nitrogen and oxygen atoms in total. The number of nitrogens with one attached hydrogen (secondary N) is 1. The van der Waals surface area contributed by atoms with E-state index in [1.807, 2.05) is 24.5 Å². The number of hydrogen-bond donors (Lipinski definition) is 3. The molecule has 0 amide bonds. The Balaban J connectivity index is 2.23. The maximum atomic E-state index is 9.78. The van der Waals surface area contributed by atoms with E-state index < -0.39 is 0 Å². The average Bonchev–Trinajstić information content (AvgIpc) is 2.47. The van der Waals surface area contributed by atoms with Crippen molar-refractivity contribution >= 4 is 23.1 Å². The maximum absolute atomic E-state index is 9.78. The second-order valence-electron chi connectivity index (χ2n) is 4.24. The maximum Gasteiger partial charge on any atom is 0.120 e. The zero-order chi connectivity index (χ0) is 14.5. The van der Waals surface area contributed by atoms with Crippen LogP contribution in [-0.4, -0.2) is 11.4 Å². The Hall–Kier alpha value is -2.32. The Kier molecular flexibility index (Phi) is 4.38. The Morgan fingerprint density at radius 2 is 2.15 bits per heavy atom. The molecule has 0 aliphatic carbocycles. The number of anilines is 2. The molecule has 0 radical (unpaired) electrons. The molecule has 5 heteroatoms. The first-order chi connectivity index (χ1) is 9.65. The fraction of sp³-hybridized carbons (Fsp3) is 0.133. The van der Waals surface area contributed by atoms with Crippen LogP contribution in [0.5, 0.6) is 5.75 Å². The number of hydrogen-bond acceptors (Lipinski definition) is 5. The molecule has 0 bridgehead atoms. The SMILES string of the molecule is CSc1cccc(NCc2cc(N)ccc2O)c1C#N. The zero-order valence-corrected chi connectivity index (χ0v) is 11.9. The third kappa shape index (κ3) is 2.98.